The Balaban J connectivity index is 1.64. The third-order valence-corrected chi connectivity index (χ3v) is 5.93. The SMILES string of the molecule is Cc1ccc(O[C@H]2c3cc(Cl)cc(Cl)c3C[C@@H]2CN2CCCC2)cc1. The largest absolute Gasteiger partial charge is 0.485 e. The van der Waals surface area contributed by atoms with Gasteiger partial charge in [0.15, 0.2) is 0 Å². The Labute approximate surface area is 159 Å². The number of hydrogen-bond acceptors (Lipinski definition) is 2. The van der Waals surface area contributed by atoms with Crippen molar-refractivity contribution < 1.29 is 4.74 Å². The zero-order valence-electron chi connectivity index (χ0n) is 14.5. The first kappa shape index (κ1) is 17.2. The van der Waals surface area contributed by atoms with Crippen molar-refractivity contribution in [3.05, 3.63) is 63.1 Å². The monoisotopic (exact) mass is 375 g/mol. The summed E-state index contributed by atoms with van der Waals surface area (Å²) in [7, 11) is 0. The Bertz CT molecular complexity index is 753. The van der Waals surface area contributed by atoms with Gasteiger partial charge < -0.3 is 9.64 Å². The van der Waals surface area contributed by atoms with Crippen LogP contribution >= 0.6 is 23.2 Å². The molecule has 1 aliphatic heterocycles. The van der Waals surface area contributed by atoms with Crippen LogP contribution < -0.4 is 4.74 Å². The molecule has 25 heavy (non-hydrogen) atoms. The number of ether oxygens (including phenoxy) is 1. The summed E-state index contributed by atoms with van der Waals surface area (Å²) >= 11 is 12.8. The zero-order chi connectivity index (χ0) is 17.4. The van der Waals surface area contributed by atoms with Crippen LogP contribution in [0.25, 0.3) is 0 Å². The minimum absolute atomic E-state index is 0.00880. The number of halogens is 2. The molecule has 0 unspecified atom stereocenters. The predicted octanol–water partition coefficient (Wildman–Crippen LogP) is 5.69. The van der Waals surface area contributed by atoms with Gasteiger partial charge in [0.05, 0.1) is 0 Å². The van der Waals surface area contributed by atoms with E-state index in [9.17, 15) is 0 Å². The van der Waals surface area contributed by atoms with Gasteiger partial charge >= 0.3 is 0 Å². The molecule has 2 aromatic rings. The van der Waals surface area contributed by atoms with Crippen LogP contribution in [0.1, 0.15) is 35.6 Å². The first-order valence-corrected chi connectivity index (χ1v) is 9.79. The Morgan fingerprint density at radius 2 is 1.80 bits per heavy atom. The fraction of sp³-hybridized carbons (Fsp3) is 0.429. The van der Waals surface area contributed by atoms with Gasteiger partial charge in [0, 0.05) is 22.5 Å². The molecule has 0 saturated carbocycles. The number of aryl methyl sites for hydroxylation is 1. The number of rotatable bonds is 4. The molecular weight excluding hydrogens is 353 g/mol. The first-order valence-electron chi connectivity index (χ1n) is 9.03. The van der Waals surface area contributed by atoms with Crippen LogP contribution in [0.3, 0.4) is 0 Å². The molecule has 2 aromatic carbocycles. The van der Waals surface area contributed by atoms with Crippen LogP contribution in [0.15, 0.2) is 36.4 Å². The van der Waals surface area contributed by atoms with Crippen LogP contribution in [0.4, 0.5) is 0 Å². The zero-order valence-corrected chi connectivity index (χ0v) is 16.0. The van der Waals surface area contributed by atoms with E-state index in [-0.39, 0.29) is 6.10 Å². The summed E-state index contributed by atoms with van der Waals surface area (Å²) in [5, 5.41) is 1.45. The fourth-order valence-electron chi connectivity index (χ4n) is 4.10. The van der Waals surface area contributed by atoms with Gasteiger partial charge in [0.2, 0.25) is 0 Å². The van der Waals surface area contributed by atoms with Crippen LogP contribution in [-0.2, 0) is 6.42 Å². The number of benzene rings is 2. The highest BCUT2D eigenvalue weighted by Gasteiger charge is 2.37. The molecule has 0 aromatic heterocycles. The van der Waals surface area contributed by atoms with Crippen LogP contribution in [-0.4, -0.2) is 24.5 Å². The Morgan fingerprint density at radius 3 is 2.52 bits per heavy atom. The third-order valence-electron chi connectivity index (χ3n) is 5.37. The van der Waals surface area contributed by atoms with Crippen molar-refractivity contribution in [3.8, 4) is 5.75 Å². The molecule has 4 heteroatoms. The molecule has 1 aliphatic carbocycles. The summed E-state index contributed by atoms with van der Waals surface area (Å²) in [6.07, 6.45) is 3.57. The van der Waals surface area contributed by atoms with E-state index in [1.54, 1.807) is 0 Å². The van der Waals surface area contributed by atoms with Crippen LogP contribution in [0.5, 0.6) is 5.75 Å². The maximum Gasteiger partial charge on any atom is 0.128 e. The molecule has 2 aliphatic rings. The van der Waals surface area contributed by atoms with E-state index in [1.165, 1.54) is 37.1 Å². The van der Waals surface area contributed by atoms with E-state index in [0.29, 0.717) is 10.9 Å². The molecule has 0 spiro atoms. The quantitative estimate of drug-likeness (QED) is 0.680. The van der Waals surface area contributed by atoms with E-state index >= 15 is 0 Å². The lowest BCUT2D eigenvalue weighted by molar-refractivity contribution is 0.121. The van der Waals surface area contributed by atoms with Gasteiger partial charge in [-0.1, -0.05) is 40.9 Å². The van der Waals surface area contributed by atoms with E-state index < -0.39 is 0 Å². The predicted molar refractivity (Wildman–Crippen MR) is 104 cm³/mol. The van der Waals surface area contributed by atoms with E-state index in [0.717, 1.165) is 29.3 Å². The molecule has 1 saturated heterocycles. The van der Waals surface area contributed by atoms with Gasteiger partial charge in [-0.2, -0.15) is 0 Å². The van der Waals surface area contributed by atoms with Crippen molar-refractivity contribution in [2.75, 3.05) is 19.6 Å². The fourth-order valence-corrected chi connectivity index (χ4v) is 4.68. The second-order valence-corrected chi connectivity index (χ2v) is 8.12. The molecule has 0 bridgehead atoms. The highest BCUT2D eigenvalue weighted by Crippen LogP contribution is 2.44. The third kappa shape index (κ3) is 3.67. The molecular formula is C21H23Cl2NO. The molecule has 1 fully saturated rings. The van der Waals surface area contributed by atoms with Crippen molar-refractivity contribution in [2.45, 2.75) is 32.3 Å². The lowest BCUT2D eigenvalue weighted by atomic mass is 10.0. The smallest absolute Gasteiger partial charge is 0.128 e. The number of nitrogens with zero attached hydrogens (tertiary/aromatic N) is 1. The number of fused-ring (bicyclic) bond motifs is 1. The van der Waals surface area contributed by atoms with Crippen LogP contribution in [0, 0.1) is 12.8 Å². The average Bonchev–Trinajstić information content (AvgIpc) is 3.20. The Hall–Kier alpha value is -1.22. The average molecular weight is 376 g/mol. The van der Waals surface area contributed by atoms with Crippen molar-refractivity contribution in [1.29, 1.82) is 0 Å². The lowest BCUT2D eigenvalue weighted by Gasteiger charge is -2.26. The normalized spacial score (nSPS) is 23.0. The van der Waals surface area contributed by atoms with E-state index in [1.807, 2.05) is 24.3 Å². The second kappa shape index (κ2) is 7.19. The van der Waals surface area contributed by atoms with Gasteiger partial charge in [0.1, 0.15) is 11.9 Å². The summed E-state index contributed by atoms with van der Waals surface area (Å²) in [5.41, 5.74) is 3.59. The maximum absolute atomic E-state index is 6.49. The van der Waals surface area contributed by atoms with Gasteiger partial charge in [-0.05, 0) is 74.7 Å². The topological polar surface area (TPSA) is 12.5 Å². The Kier molecular flexibility index (Phi) is 4.95. The van der Waals surface area contributed by atoms with Gasteiger partial charge in [-0.15, -0.1) is 0 Å². The second-order valence-electron chi connectivity index (χ2n) is 7.28. The molecule has 0 radical (unpaired) electrons. The van der Waals surface area contributed by atoms with Gasteiger partial charge in [-0.3, -0.25) is 0 Å². The molecule has 0 amide bonds. The maximum atomic E-state index is 6.49. The van der Waals surface area contributed by atoms with Gasteiger partial charge in [-0.25, -0.2) is 0 Å². The van der Waals surface area contributed by atoms with E-state index in [2.05, 4.69) is 24.0 Å². The van der Waals surface area contributed by atoms with E-state index in [4.69, 9.17) is 27.9 Å². The summed E-state index contributed by atoms with van der Waals surface area (Å²) in [5.74, 6) is 1.32. The summed E-state index contributed by atoms with van der Waals surface area (Å²) < 4.78 is 6.45. The van der Waals surface area contributed by atoms with Gasteiger partial charge in [0.25, 0.3) is 0 Å². The highest BCUT2D eigenvalue weighted by molar-refractivity contribution is 6.35. The highest BCUT2D eigenvalue weighted by atomic mass is 35.5. The molecule has 1 heterocycles. The minimum Gasteiger partial charge on any atom is -0.485 e. The molecule has 132 valence electrons. The standard InChI is InChI=1S/C21H23Cl2NO/c1-14-4-6-17(7-5-14)25-21-15(13-24-8-2-3-9-24)10-18-19(21)11-16(22)12-20(18)23/h4-7,11-12,15,21H,2-3,8-10,13H2,1H3/t15-,21-/m1/s1. The van der Waals surface area contributed by atoms with Crippen molar-refractivity contribution in [2.24, 2.45) is 5.92 Å². The summed E-state index contributed by atoms with van der Waals surface area (Å²) in [4.78, 5) is 2.55. The number of likely N-dealkylation sites (tertiary alicyclic amines) is 1. The van der Waals surface area contributed by atoms with Crippen molar-refractivity contribution in [1.82, 2.24) is 4.90 Å². The minimum atomic E-state index is 0.00880. The molecule has 2 atom stereocenters. The van der Waals surface area contributed by atoms with Crippen molar-refractivity contribution >= 4 is 23.2 Å². The van der Waals surface area contributed by atoms with Crippen LogP contribution in [0.2, 0.25) is 10.0 Å². The Morgan fingerprint density at radius 1 is 1.08 bits per heavy atom. The molecule has 2 nitrogen and oxygen atoms in total. The number of hydrogen-bond donors (Lipinski definition) is 0. The van der Waals surface area contributed by atoms with Crippen molar-refractivity contribution in [3.63, 3.8) is 0 Å². The first-order chi connectivity index (χ1) is 12.1. The molecule has 0 N–H and O–H groups in total. The summed E-state index contributed by atoms with van der Waals surface area (Å²) in [6, 6.07) is 12.2. The molecule has 4 rings (SSSR count). The lowest BCUT2D eigenvalue weighted by Crippen LogP contribution is -2.30. The summed E-state index contributed by atoms with van der Waals surface area (Å²) in [6.45, 7) is 5.53.